The molecule has 0 atom stereocenters. The largest absolute Gasteiger partial charge is 0.483 e. The minimum atomic E-state index is -0.225. The second-order valence-corrected chi connectivity index (χ2v) is 5.10. The van der Waals surface area contributed by atoms with Gasteiger partial charge in [-0.2, -0.15) is 0 Å². The molecule has 24 heavy (non-hydrogen) atoms. The van der Waals surface area contributed by atoms with E-state index in [1.165, 1.54) is 6.20 Å². The third kappa shape index (κ3) is 5.39. The lowest BCUT2D eigenvalue weighted by Gasteiger charge is -2.10. The molecule has 1 aromatic carbocycles. The monoisotopic (exact) mass is 327 g/mol. The van der Waals surface area contributed by atoms with E-state index in [0.29, 0.717) is 18.7 Å². The van der Waals surface area contributed by atoms with E-state index in [1.807, 2.05) is 31.2 Å². The highest BCUT2D eigenvalue weighted by molar-refractivity contribution is 5.93. The van der Waals surface area contributed by atoms with Crippen LogP contribution in [0.15, 0.2) is 48.8 Å². The number of pyridine rings is 1. The van der Waals surface area contributed by atoms with E-state index < -0.39 is 0 Å². The van der Waals surface area contributed by atoms with Crippen LogP contribution < -0.4 is 15.4 Å². The van der Waals surface area contributed by atoms with Gasteiger partial charge in [-0.1, -0.05) is 25.1 Å². The fourth-order valence-electron chi connectivity index (χ4n) is 2.11. The van der Waals surface area contributed by atoms with Crippen molar-refractivity contribution in [1.82, 2.24) is 15.6 Å². The highest BCUT2D eigenvalue weighted by atomic mass is 16.5. The van der Waals surface area contributed by atoms with Crippen LogP contribution in [-0.2, 0) is 11.2 Å². The van der Waals surface area contributed by atoms with E-state index in [4.69, 9.17) is 4.74 Å². The Morgan fingerprint density at radius 1 is 1.08 bits per heavy atom. The molecule has 0 saturated heterocycles. The van der Waals surface area contributed by atoms with Gasteiger partial charge in [-0.25, -0.2) is 0 Å². The highest BCUT2D eigenvalue weighted by Crippen LogP contribution is 2.17. The fraction of sp³-hybridized carbons (Fsp3) is 0.278. The summed E-state index contributed by atoms with van der Waals surface area (Å²) in [6.07, 6.45) is 3.94. The topological polar surface area (TPSA) is 80.3 Å². The highest BCUT2D eigenvalue weighted by Gasteiger charge is 2.06. The van der Waals surface area contributed by atoms with Gasteiger partial charge < -0.3 is 15.4 Å². The van der Waals surface area contributed by atoms with Crippen LogP contribution in [0.3, 0.4) is 0 Å². The van der Waals surface area contributed by atoms with E-state index in [9.17, 15) is 9.59 Å². The van der Waals surface area contributed by atoms with Crippen LogP contribution in [0.5, 0.6) is 5.75 Å². The predicted octanol–water partition coefficient (Wildman–Crippen LogP) is 1.57. The Balaban J connectivity index is 1.66. The Bertz CT molecular complexity index is 674. The van der Waals surface area contributed by atoms with Gasteiger partial charge in [0.15, 0.2) is 6.61 Å². The second-order valence-electron chi connectivity index (χ2n) is 5.10. The van der Waals surface area contributed by atoms with Crippen molar-refractivity contribution < 1.29 is 14.3 Å². The van der Waals surface area contributed by atoms with Crippen molar-refractivity contribution in [2.45, 2.75) is 13.3 Å². The molecule has 2 N–H and O–H groups in total. The van der Waals surface area contributed by atoms with Crippen molar-refractivity contribution in [2.24, 2.45) is 0 Å². The normalized spacial score (nSPS) is 10.0. The van der Waals surface area contributed by atoms with Gasteiger partial charge in [0.2, 0.25) is 0 Å². The molecule has 0 radical (unpaired) electrons. The van der Waals surface area contributed by atoms with Crippen LogP contribution >= 0.6 is 0 Å². The van der Waals surface area contributed by atoms with Crippen LogP contribution in [-0.4, -0.2) is 36.5 Å². The maximum atomic E-state index is 11.8. The molecule has 0 aliphatic heterocycles. The molecule has 6 nitrogen and oxygen atoms in total. The van der Waals surface area contributed by atoms with Gasteiger partial charge in [0.25, 0.3) is 11.8 Å². The van der Waals surface area contributed by atoms with Crippen LogP contribution in [0.25, 0.3) is 0 Å². The van der Waals surface area contributed by atoms with Crippen molar-refractivity contribution in [3.63, 3.8) is 0 Å². The quantitative estimate of drug-likeness (QED) is 0.721. The van der Waals surface area contributed by atoms with Crippen molar-refractivity contribution in [2.75, 3.05) is 19.7 Å². The number of aromatic nitrogens is 1. The molecular weight excluding hydrogens is 306 g/mol. The zero-order valence-electron chi connectivity index (χ0n) is 13.6. The molecule has 2 amide bonds. The number of rotatable bonds is 8. The molecule has 2 aromatic rings. The molecule has 0 aliphatic carbocycles. The number of carbonyl (C=O) groups excluding carboxylic acids is 2. The molecule has 0 saturated carbocycles. The number of carbonyl (C=O) groups is 2. The van der Waals surface area contributed by atoms with Crippen LogP contribution in [0.2, 0.25) is 0 Å². The molecule has 1 heterocycles. The maximum absolute atomic E-state index is 11.8. The first kappa shape index (κ1) is 17.5. The fourth-order valence-corrected chi connectivity index (χ4v) is 2.11. The van der Waals surface area contributed by atoms with E-state index in [2.05, 4.69) is 15.6 Å². The number of hydrogen-bond acceptors (Lipinski definition) is 4. The van der Waals surface area contributed by atoms with Gasteiger partial charge in [-0.3, -0.25) is 14.6 Å². The van der Waals surface area contributed by atoms with Gasteiger partial charge in [0, 0.05) is 25.5 Å². The SMILES string of the molecule is CCc1ccccc1OCC(=O)NCCNC(=O)c1cccnc1. The average molecular weight is 327 g/mol. The summed E-state index contributed by atoms with van der Waals surface area (Å²) in [5.74, 6) is 0.280. The molecule has 0 fully saturated rings. The molecule has 0 aliphatic rings. The molecule has 2 rings (SSSR count). The Hall–Kier alpha value is -2.89. The zero-order valence-corrected chi connectivity index (χ0v) is 13.6. The first-order valence-electron chi connectivity index (χ1n) is 7.86. The summed E-state index contributed by atoms with van der Waals surface area (Å²) in [5.41, 5.74) is 1.55. The first-order chi connectivity index (χ1) is 11.7. The zero-order chi connectivity index (χ0) is 17.2. The summed E-state index contributed by atoms with van der Waals surface area (Å²) in [6, 6.07) is 11.0. The van der Waals surface area contributed by atoms with E-state index >= 15 is 0 Å². The molecule has 0 spiro atoms. The molecule has 6 heteroatoms. The molecule has 126 valence electrons. The van der Waals surface area contributed by atoms with Gasteiger partial charge in [-0.15, -0.1) is 0 Å². The standard InChI is InChI=1S/C18H21N3O3/c1-2-14-6-3-4-8-16(14)24-13-17(22)20-10-11-21-18(23)15-7-5-9-19-12-15/h3-9,12H,2,10-11,13H2,1H3,(H,20,22)(H,21,23). The summed E-state index contributed by atoms with van der Waals surface area (Å²) in [7, 11) is 0. The number of nitrogens with one attached hydrogen (secondary N) is 2. The van der Waals surface area contributed by atoms with E-state index in [-0.39, 0.29) is 18.4 Å². The Labute approximate surface area is 141 Å². The van der Waals surface area contributed by atoms with Crippen molar-refractivity contribution >= 4 is 11.8 Å². The van der Waals surface area contributed by atoms with Crippen molar-refractivity contribution in [3.8, 4) is 5.75 Å². The smallest absolute Gasteiger partial charge is 0.258 e. The van der Waals surface area contributed by atoms with Crippen molar-refractivity contribution in [3.05, 3.63) is 59.9 Å². The molecule has 0 unspecified atom stereocenters. The van der Waals surface area contributed by atoms with E-state index in [1.54, 1.807) is 18.3 Å². The Kier molecular flexibility index (Phi) is 6.76. The lowest BCUT2D eigenvalue weighted by Crippen LogP contribution is -2.36. The summed E-state index contributed by atoms with van der Waals surface area (Å²) >= 11 is 0. The van der Waals surface area contributed by atoms with Gasteiger partial charge in [-0.05, 0) is 30.2 Å². The first-order valence-corrected chi connectivity index (χ1v) is 7.86. The third-order valence-electron chi connectivity index (χ3n) is 3.37. The molecule has 0 bridgehead atoms. The van der Waals surface area contributed by atoms with Gasteiger partial charge >= 0.3 is 0 Å². The van der Waals surface area contributed by atoms with E-state index in [0.717, 1.165) is 17.7 Å². The number of benzene rings is 1. The minimum Gasteiger partial charge on any atom is -0.483 e. The van der Waals surface area contributed by atoms with Crippen molar-refractivity contribution in [1.29, 1.82) is 0 Å². The lowest BCUT2D eigenvalue weighted by atomic mass is 10.1. The minimum absolute atomic E-state index is 0.0481. The van der Waals surface area contributed by atoms with Gasteiger partial charge in [0.1, 0.15) is 5.75 Å². The van der Waals surface area contributed by atoms with Crippen LogP contribution in [0.1, 0.15) is 22.8 Å². The van der Waals surface area contributed by atoms with Gasteiger partial charge in [0.05, 0.1) is 5.56 Å². The third-order valence-corrected chi connectivity index (χ3v) is 3.37. The Morgan fingerprint density at radius 2 is 1.88 bits per heavy atom. The number of aryl methyl sites for hydroxylation is 1. The average Bonchev–Trinajstić information content (AvgIpc) is 2.64. The Morgan fingerprint density at radius 3 is 2.62 bits per heavy atom. The number of ether oxygens (including phenoxy) is 1. The predicted molar refractivity (Wildman–Crippen MR) is 90.9 cm³/mol. The lowest BCUT2D eigenvalue weighted by molar-refractivity contribution is -0.123. The number of nitrogens with zero attached hydrogens (tertiary/aromatic N) is 1. The van der Waals surface area contributed by atoms with Crippen LogP contribution in [0.4, 0.5) is 0 Å². The second kappa shape index (κ2) is 9.29. The maximum Gasteiger partial charge on any atom is 0.258 e. The molecule has 1 aromatic heterocycles. The molecular formula is C18H21N3O3. The number of para-hydroxylation sites is 1. The summed E-state index contributed by atoms with van der Waals surface area (Å²) in [6.45, 7) is 2.66. The number of hydrogen-bond donors (Lipinski definition) is 2. The van der Waals surface area contributed by atoms with Crippen LogP contribution in [0, 0.1) is 0 Å². The number of amides is 2. The summed E-state index contributed by atoms with van der Waals surface area (Å²) in [4.78, 5) is 27.4. The summed E-state index contributed by atoms with van der Waals surface area (Å²) in [5, 5.41) is 5.41. The summed E-state index contributed by atoms with van der Waals surface area (Å²) < 4.78 is 5.53.